The van der Waals surface area contributed by atoms with E-state index in [-0.39, 0.29) is 23.9 Å². The Bertz CT molecular complexity index is 1010. The van der Waals surface area contributed by atoms with Gasteiger partial charge in [-0.15, -0.1) is 0 Å². The molecule has 2 aromatic heterocycles. The third-order valence-corrected chi connectivity index (χ3v) is 4.71. The summed E-state index contributed by atoms with van der Waals surface area (Å²) in [5.41, 5.74) is 2.24. The van der Waals surface area contributed by atoms with Crippen molar-refractivity contribution < 1.29 is 4.79 Å². The average molecular weight is 390 g/mol. The monoisotopic (exact) mass is 390 g/mol. The molecule has 3 rings (SSSR count). The predicted octanol–water partition coefficient (Wildman–Crippen LogP) is 3.59. The van der Waals surface area contributed by atoms with Gasteiger partial charge in [0.2, 0.25) is 5.91 Å². The first-order valence-electron chi connectivity index (χ1n) is 9.79. The van der Waals surface area contributed by atoms with Crippen molar-refractivity contribution in [1.29, 1.82) is 0 Å². The Morgan fingerprint density at radius 3 is 2.45 bits per heavy atom. The third-order valence-electron chi connectivity index (χ3n) is 4.71. The second-order valence-electron chi connectivity index (χ2n) is 7.53. The zero-order chi connectivity index (χ0) is 20.8. The van der Waals surface area contributed by atoms with Crippen molar-refractivity contribution in [3.8, 4) is 11.5 Å². The van der Waals surface area contributed by atoms with Crippen molar-refractivity contribution >= 4 is 5.91 Å². The Morgan fingerprint density at radius 2 is 1.83 bits per heavy atom. The van der Waals surface area contributed by atoms with E-state index in [9.17, 15) is 9.59 Å². The Morgan fingerprint density at radius 1 is 1.10 bits per heavy atom. The highest BCUT2D eigenvalue weighted by molar-refractivity contribution is 5.79. The van der Waals surface area contributed by atoms with Gasteiger partial charge in [-0.1, -0.05) is 50.2 Å². The SMILES string of the molecule is Cc1nc(-c2ccccn2)[nH]c(=O)c1CC(=O)N[C@H](CC(C)C)c1ccccc1. The number of aromatic nitrogens is 3. The summed E-state index contributed by atoms with van der Waals surface area (Å²) in [4.78, 5) is 36.7. The summed E-state index contributed by atoms with van der Waals surface area (Å²) in [6.45, 7) is 5.99. The molecule has 0 aliphatic rings. The van der Waals surface area contributed by atoms with E-state index in [0.717, 1.165) is 12.0 Å². The quantitative estimate of drug-likeness (QED) is 0.645. The fraction of sp³-hybridized carbons (Fsp3) is 0.304. The minimum absolute atomic E-state index is 0.0158. The molecule has 1 amide bonds. The number of rotatable bonds is 7. The molecule has 6 nitrogen and oxygen atoms in total. The van der Waals surface area contributed by atoms with Crippen LogP contribution in [0.4, 0.5) is 0 Å². The molecule has 0 spiro atoms. The van der Waals surface area contributed by atoms with Crippen LogP contribution in [0.3, 0.4) is 0 Å². The molecule has 0 saturated carbocycles. The molecule has 0 aliphatic carbocycles. The molecule has 150 valence electrons. The van der Waals surface area contributed by atoms with Crippen LogP contribution in [0.2, 0.25) is 0 Å². The van der Waals surface area contributed by atoms with E-state index < -0.39 is 0 Å². The second-order valence-corrected chi connectivity index (χ2v) is 7.53. The van der Waals surface area contributed by atoms with E-state index in [1.165, 1.54) is 0 Å². The molecule has 0 bridgehead atoms. The standard InChI is InChI=1S/C23H26N4O2/c1-15(2)13-20(17-9-5-4-6-10-17)26-21(28)14-18-16(3)25-22(27-23(18)29)19-11-7-8-12-24-19/h4-12,15,20H,13-14H2,1-3H3,(H,26,28)(H,25,27,29)/t20-/m1/s1. The van der Waals surface area contributed by atoms with Crippen LogP contribution < -0.4 is 10.9 Å². The molecular weight excluding hydrogens is 364 g/mol. The van der Waals surface area contributed by atoms with E-state index in [1.807, 2.05) is 36.4 Å². The number of H-pyrrole nitrogens is 1. The van der Waals surface area contributed by atoms with Crippen molar-refractivity contribution in [3.05, 3.63) is 81.9 Å². The third kappa shape index (κ3) is 5.38. The van der Waals surface area contributed by atoms with Crippen LogP contribution in [0.15, 0.2) is 59.5 Å². The lowest BCUT2D eigenvalue weighted by molar-refractivity contribution is -0.121. The normalized spacial score (nSPS) is 12.0. The van der Waals surface area contributed by atoms with Crippen molar-refractivity contribution in [2.45, 2.75) is 39.7 Å². The molecule has 2 heterocycles. The second kappa shape index (κ2) is 9.28. The van der Waals surface area contributed by atoms with E-state index in [0.29, 0.717) is 28.7 Å². The highest BCUT2D eigenvalue weighted by Crippen LogP contribution is 2.21. The Kier molecular flexibility index (Phi) is 6.54. The van der Waals surface area contributed by atoms with Gasteiger partial charge in [-0.3, -0.25) is 14.6 Å². The fourth-order valence-electron chi connectivity index (χ4n) is 3.28. The van der Waals surface area contributed by atoms with Crippen LogP contribution in [0.5, 0.6) is 0 Å². The number of hydrogen-bond donors (Lipinski definition) is 2. The van der Waals surface area contributed by atoms with Gasteiger partial charge in [0.05, 0.1) is 12.5 Å². The Hall–Kier alpha value is -3.28. The molecule has 1 atom stereocenters. The lowest BCUT2D eigenvalue weighted by atomic mass is 9.96. The molecule has 1 aromatic carbocycles. The van der Waals surface area contributed by atoms with E-state index in [1.54, 1.807) is 25.3 Å². The topological polar surface area (TPSA) is 87.7 Å². The lowest BCUT2D eigenvalue weighted by Crippen LogP contribution is -2.33. The van der Waals surface area contributed by atoms with Gasteiger partial charge in [0, 0.05) is 17.5 Å². The number of benzene rings is 1. The van der Waals surface area contributed by atoms with E-state index in [2.05, 4.69) is 34.1 Å². The van der Waals surface area contributed by atoms with Crippen LogP contribution in [0.1, 0.15) is 43.1 Å². The van der Waals surface area contributed by atoms with E-state index >= 15 is 0 Å². The number of pyridine rings is 1. The summed E-state index contributed by atoms with van der Waals surface area (Å²) >= 11 is 0. The van der Waals surface area contributed by atoms with Crippen molar-refractivity contribution in [2.75, 3.05) is 0 Å². The van der Waals surface area contributed by atoms with Crippen molar-refractivity contribution in [1.82, 2.24) is 20.3 Å². The molecule has 6 heteroatoms. The number of hydrogen-bond acceptors (Lipinski definition) is 4. The minimum Gasteiger partial charge on any atom is -0.349 e. The van der Waals surface area contributed by atoms with Gasteiger partial charge in [0.25, 0.3) is 5.56 Å². The molecule has 0 saturated heterocycles. The molecule has 0 radical (unpaired) electrons. The molecule has 2 N–H and O–H groups in total. The Balaban J connectivity index is 1.78. The number of aromatic amines is 1. The number of aryl methyl sites for hydroxylation is 1. The van der Waals surface area contributed by atoms with Gasteiger partial charge in [-0.05, 0) is 37.0 Å². The van der Waals surface area contributed by atoms with E-state index in [4.69, 9.17) is 0 Å². The Labute approximate surface area is 170 Å². The average Bonchev–Trinajstić information content (AvgIpc) is 2.71. The van der Waals surface area contributed by atoms with Crippen LogP contribution in [0, 0.1) is 12.8 Å². The smallest absolute Gasteiger partial charge is 0.255 e. The molecule has 29 heavy (non-hydrogen) atoms. The van der Waals surface area contributed by atoms with Gasteiger partial charge >= 0.3 is 0 Å². The number of carbonyl (C=O) groups is 1. The van der Waals surface area contributed by atoms with Gasteiger partial charge in [0.15, 0.2) is 5.82 Å². The molecule has 3 aromatic rings. The van der Waals surface area contributed by atoms with Gasteiger partial charge in [0.1, 0.15) is 5.69 Å². The zero-order valence-corrected chi connectivity index (χ0v) is 17.0. The summed E-state index contributed by atoms with van der Waals surface area (Å²) in [7, 11) is 0. The van der Waals surface area contributed by atoms with Gasteiger partial charge < -0.3 is 10.3 Å². The maximum absolute atomic E-state index is 12.7. The van der Waals surface area contributed by atoms with Crippen LogP contribution in [-0.4, -0.2) is 20.9 Å². The zero-order valence-electron chi connectivity index (χ0n) is 17.0. The fourth-order valence-corrected chi connectivity index (χ4v) is 3.28. The largest absolute Gasteiger partial charge is 0.349 e. The molecule has 0 unspecified atom stereocenters. The summed E-state index contributed by atoms with van der Waals surface area (Å²) in [5, 5.41) is 3.08. The highest BCUT2D eigenvalue weighted by atomic mass is 16.2. The highest BCUT2D eigenvalue weighted by Gasteiger charge is 2.19. The molecular formula is C23H26N4O2. The molecule has 0 fully saturated rings. The van der Waals surface area contributed by atoms with Crippen molar-refractivity contribution in [3.63, 3.8) is 0 Å². The maximum atomic E-state index is 12.7. The molecule has 0 aliphatic heterocycles. The lowest BCUT2D eigenvalue weighted by Gasteiger charge is -2.21. The first-order chi connectivity index (χ1) is 13.9. The predicted molar refractivity (Wildman–Crippen MR) is 113 cm³/mol. The van der Waals surface area contributed by atoms with Crippen LogP contribution >= 0.6 is 0 Å². The first-order valence-corrected chi connectivity index (χ1v) is 9.79. The number of amides is 1. The van der Waals surface area contributed by atoms with Gasteiger partial charge in [-0.25, -0.2) is 4.98 Å². The van der Waals surface area contributed by atoms with Gasteiger partial charge in [-0.2, -0.15) is 0 Å². The van der Waals surface area contributed by atoms with Crippen molar-refractivity contribution in [2.24, 2.45) is 5.92 Å². The van der Waals surface area contributed by atoms with Crippen LogP contribution in [-0.2, 0) is 11.2 Å². The summed E-state index contributed by atoms with van der Waals surface area (Å²) in [6.07, 6.45) is 2.45. The number of nitrogens with one attached hydrogen (secondary N) is 2. The summed E-state index contributed by atoms with van der Waals surface area (Å²) in [6, 6.07) is 15.2. The maximum Gasteiger partial charge on any atom is 0.255 e. The number of carbonyl (C=O) groups excluding carboxylic acids is 1. The first kappa shape index (κ1) is 20.5. The summed E-state index contributed by atoms with van der Waals surface area (Å²) in [5.74, 6) is 0.629. The minimum atomic E-state index is -0.312. The van der Waals surface area contributed by atoms with Crippen LogP contribution in [0.25, 0.3) is 11.5 Å². The number of nitrogens with zero attached hydrogens (tertiary/aromatic N) is 2. The summed E-state index contributed by atoms with van der Waals surface area (Å²) < 4.78 is 0.